The minimum atomic E-state index is -0.298. The van der Waals surface area contributed by atoms with E-state index in [1.165, 1.54) is 37.4 Å². The van der Waals surface area contributed by atoms with Crippen molar-refractivity contribution >= 4 is 17.7 Å². The Kier molecular flexibility index (Phi) is 10.5. The molecule has 0 radical (unpaired) electrons. The number of esters is 1. The summed E-state index contributed by atoms with van der Waals surface area (Å²) in [6, 6.07) is 4.45. The van der Waals surface area contributed by atoms with Crippen LogP contribution in [0.5, 0.6) is 11.6 Å². The molecule has 0 spiro atoms. The molecule has 0 N–H and O–H groups in total. The van der Waals surface area contributed by atoms with Gasteiger partial charge in [-0.05, 0) is 55.9 Å². The van der Waals surface area contributed by atoms with E-state index in [1.807, 2.05) is 18.7 Å². The lowest BCUT2D eigenvalue weighted by atomic mass is 9.71. The van der Waals surface area contributed by atoms with Crippen LogP contribution in [-0.4, -0.2) is 28.3 Å². The van der Waals surface area contributed by atoms with E-state index < -0.39 is 0 Å². The van der Waals surface area contributed by atoms with Crippen molar-refractivity contribution in [2.75, 3.05) is 12.4 Å². The molecule has 1 aliphatic rings. The van der Waals surface area contributed by atoms with Gasteiger partial charge in [-0.1, -0.05) is 52.9 Å². The molecule has 1 aromatic carbocycles. The fraction of sp³-hybridized carbons (Fsp3) is 0.552. The zero-order chi connectivity index (χ0) is 25.1. The number of carbonyl (C=O) groups excluding carboxylic acids is 1. The highest BCUT2D eigenvalue weighted by Crippen LogP contribution is 2.46. The van der Waals surface area contributed by atoms with Gasteiger partial charge in [0.15, 0.2) is 0 Å². The first-order valence-electron chi connectivity index (χ1n) is 13.0. The van der Waals surface area contributed by atoms with Crippen LogP contribution in [0.2, 0.25) is 0 Å². The van der Waals surface area contributed by atoms with Gasteiger partial charge in [0.25, 0.3) is 0 Å². The van der Waals surface area contributed by atoms with Crippen molar-refractivity contribution in [2.45, 2.75) is 95.8 Å². The second kappa shape index (κ2) is 13.5. The molecule has 0 saturated heterocycles. The number of thioether (sulfide) groups is 1. The Bertz CT molecular complexity index is 1040. The average Bonchev–Trinajstić information content (AvgIpc) is 2.87. The molecule has 0 aliphatic carbocycles. The predicted octanol–water partition coefficient (Wildman–Crippen LogP) is 7.09. The number of nitrogens with zero attached hydrogens (tertiary/aromatic N) is 2. The molecule has 3 rings (SSSR count). The molecule has 0 unspecified atom stereocenters. The van der Waals surface area contributed by atoms with Crippen LogP contribution in [-0.2, 0) is 10.2 Å². The summed E-state index contributed by atoms with van der Waals surface area (Å²) < 4.78 is 11.3. The number of unbranched alkanes of at least 4 members (excludes halogenated alkanes) is 3. The molecule has 6 heteroatoms. The number of hydrogen-bond acceptors (Lipinski definition) is 6. The molecule has 0 bridgehead atoms. The van der Waals surface area contributed by atoms with E-state index in [2.05, 4.69) is 54.7 Å². The molecule has 1 aromatic heterocycles. The quantitative estimate of drug-likeness (QED) is 0.144. The Morgan fingerprint density at radius 1 is 1.06 bits per heavy atom. The Balaban J connectivity index is 1.88. The van der Waals surface area contributed by atoms with Crippen molar-refractivity contribution < 1.29 is 14.3 Å². The highest BCUT2D eigenvalue weighted by atomic mass is 32.2. The molecule has 188 valence electrons. The van der Waals surface area contributed by atoms with Gasteiger partial charge in [0.1, 0.15) is 11.4 Å². The summed E-state index contributed by atoms with van der Waals surface area (Å²) in [5.74, 6) is 8.52. The Hall–Kier alpha value is -2.52. The smallest absolute Gasteiger partial charge is 0.312 e. The normalized spacial score (nSPS) is 13.8. The number of hydrogen-bond donors (Lipinski definition) is 0. The maximum atomic E-state index is 11.7. The van der Waals surface area contributed by atoms with Gasteiger partial charge in [-0.25, -0.2) is 9.97 Å². The molecule has 0 saturated carbocycles. The second-order valence-electron chi connectivity index (χ2n) is 9.05. The van der Waals surface area contributed by atoms with Gasteiger partial charge < -0.3 is 9.47 Å². The lowest BCUT2D eigenvalue weighted by molar-refractivity contribution is -0.134. The van der Waals surface area contributed by atoms with Crippen LogP contribution < -0.4 is 9.47 Å². The molecule has 1 aliphatic heterocycles. The lowest BCUT2D eigenvalue weighted by Crippen LogP contribution is -2.32. The molecule has 5 nitrogen and oxygen atoms in total. The fourth-order valence-corrected chi connectivity index (χ4v) is 5.46. The van der Waals surface area contributed by atoms with E-state index in [-0.39, 0.29) is 17.3 Å². The van der Waals surface area contributed by atoms with Crippen LogP contribution in [0, 0.1) is 11.8 Å². The molecule has 0 atom stereocenters. The fourth-order valence-electron chi connectivity index (χ4n) is 4.44. The average molecular weight is 495 g/mol. The first-order valence-corrected chi connectivity index (χ1v) is 14.0. The zero-order valence-corrected chi connectivity index (χ0v) is 22.4. The predicted molar refractivity (Wildman–Crippen MR) is 142 cm³/mol. The van der Waals surface area contributed by atoms with Crippen LogP contribution in [0.15, 0.2) is 29.4 Å². The summed E-state index contributed by atoms with van der Waals surface area (Å²) in [6.45, 7) is 9.47. The third-order valence-electron chi connectivity index (χ3n) is 6.73. The van der Waals surface area contributed by atoms with Gasteiger partial charge in [0, 0.05) is 27.9 Å². The van der Waals surface area contributed by atoms with Gasteiger partial charge in [-0.3, -0.25) is 4.79 Å². The van der Waals surface area contributed by atoms with Crippen LogP contribution >= 0.6 is 11.8 Å². The third-order valence-corrected chi connectivity index (χ3v) is 7.87. The monoisotopic (exact) mass is 494 g/mol. The highest BCUT2D eigenvalue weighted by molar-refractivity contribution is 7.99. The van der Waals surface area contributed by atoms with Gasteiger partial charge in [0.05, 0.1) is 19.0 Å². The summed E-state index contributed by atoms with van der Waals surface area (Å²) in [5, 5.41) is 0. The van der Waals surface area contributed by atoms with Crippen LogP contribution in [0.3, 0.4) is 0 Å². The van der Waals surface area contributed by atoms with E-state index in [9.17, 15) is 4.79 Å². The Morgan fingerprint density at radius 2 is 1.89 bits per heavy atom. The standard InChI is InChI=1S/C29H38N2O3S/c1-5-9-10-11-17-35-26-19-25-24(29(7-3,8-4)15-16-33-25)18-22(26)13-14-23-20-31-27(21-30-23)34-28(32)12-6-2/h18-21H,5-12,15-17H2,1-4H3. The van der Waals surface area contributed by atoms with E-state index >= 15 is 0 Å². The summed E-state index contributed by atoms with van der Waals surface area (Å²) in [4.78, 5) is 21.4. The maximum Gasteiger partial charge on any atom is 0.312 e. The molecule has 0 fully saturated rings. The number of ether oxygens (including phenoxy) is 2. The molecular formula is C29H38N2O3S. The first-order chi connectivity index (χ1) is 17.0. The highest BCUT2D eigenvalue weighted by Gasteiger charge is 2.35. The number of rotatable bonds is 11. The number of benzene rings is 1. The number of aromatic nitrogens is 2. The summed E-state index contributed by atoms with van der Waals surface area (Å²) in [7, 11) is 0. The van der Waals surface area contributed by atoms with Crippen molar-refractivity contribution in [3.63, 3.8) is 0 Å². The van der Waals surface area contributed by atoms with E-state index in [0.717, 1.165) is 54.3 Å². The van der Waals surface area contributed by atoms with Gasteiger partial charge in [-0.15, -0.1) is 11.8 Å². The topological polar surface area (TPSA) is 61.3 Å². The first kappa shape index (κ1) is 27.1. The van der Waals surface area contributed by atoms with Gasteiger partial charge in [0.2, 0.25) is 5.88 Å². The van der Waals surface area contributed by atoms with Crippen LogP contribution in [0.1, 0.15) is 102 Å². The number of fused-ring (bicyclic) bond motifs is 1. The lowest BCUT2D eigenvalue weighted by Gasteiger charge is -2.38. The molecule has 2 aromatic rings. The second-order valence-corrected chi connectivity index (χ2v) is 10.2. The van der Waals surface area contributed by atoms with E-state index in [4.69, 9.17) is 9.47 Å². The van der Waals surface area contributed by atoms with Crippen molar-refractivity contribution in [1.29, 1.82) is 0 Å². The minimum absolute atomic E-state index is 0.137. The maximum absolute atomic E-state index is 11.7. The molecule has 0 amide bonds. The SMILES string of the molecule is CCCCCCSc1cc2c(cc1C#Cc1cnc(OC(=O)CCC)cn1)C(CC)(CC)CCO2. The number of carbonyl (C=O) groups is 1. The Morgan fingerprint density at radius 3 is 2.57 bits per heavy atom. The molecule has 2 heterocycles. The van der Waals surface area contributed by atoms with E-state index in [1.54, 1.807) is 6.20 Å². The molecule has 35 heavy (non-hydrogen) atoms. The largest absolute Gasteiger partial charge is 0.493 e. The third kappa shape index (κ3) is 7.24. The van der Waals surface area contributed by atoms with Crippen molar-refractivity contribution in [3.05, 3.63) is 41.3 Å². The summed E-state index contributed by atoms with van der Waals surface area (Å²) >= 11 is 1.86. The summed E-state index contributed by atoms with van der Waals surface area (Å²) in [6.07, 6.45) is 12.3. The van der Waals surface area contributed by atoms with Gasteiger partial charge in [-0.2, -0.15) is 0 Å². The molecular weight excluding hydrogens is 456 g/mol. The van der Waals surface area contributed by atoms with Gasteiger partial charge >= 0.3 is 5.97 Å². The van der Waals surface area contributed by atoms with Crippen LogP contribution in [0.25, 0.3) is 0 Å². The summed E-state index contributed by atoms with van der Waals surface area (Å²) in [5.41, 5.74) is 2.97. The van der Waals surface area contributed by atoms with Crippen molar-refractivity contribution in [1.82, 2.24) is 9.97 Å². The van der Waals surface area contributed by atoms with Crippen molar-refractivity contribution in [3.8, 4) is 23.5 Å². The van der Waals surface area contributed by atoms with Crippen LogP contribution in [0.4, 0.5) is 0 Å². The minimum Gasteiger partial charge on any atom is -0.493 e. The van der Waals surface area contributed by atoms with E-state index in [0.29, 0.717) is 12.1 Å². The zero-order valence-electron chi connectivity index (χ0n) is 21.6. The van der Waals surface area contributed by atoms with Crippen molar-refractivity contribution in [2.24, 2.45) is 0 Å². The Labute approximate surface area is 214 Å².